The first-order valence-electron chi connectivity index (χ1n) is 6.81. The van der Waals surface area contributed by atoms with Gasteiger partial charge in [-0.3, -0.25) is 0 Å². The second-order valence-electron chi connectivity index (χ2n) is 6.14. The summed E-state index contributed by atoms with van der Waals surface area (Å²) in [6, 6.07) is 3.01. The lowest BCUT2D eigenvalue weighted by Gasteiger charge is -2.32. The number of pyridine rings is 1. The molecule has 1 saturated heterocycles. The third-order valence-electron chi connectivity index (χ3n) is 4.10. The molecule has 0 aliphatic carbocycles. The molecule has 0 aromatic carbocycles. The van der Waals surface area contributed by atoms with Gasteiger partial charge < -0.3 is 9.31 Å². The fourth-order valence-electron chi connectivity index (χ4n) is 2.11. The van der Waals surface area contributed by atoms with Crippen LogP contribution in [0.2, 0.25) is 0 Å². The minimum atomic E-state index is -0.541. The van der Waals surface area contributed by atoms with Crippen LogP contribution in [0.4, 0.5) is 4.39 Å². The maximum absolute atomic E-state index is 13.2. The van der Waals surface area contributed by atoms with E-state index in [-0.39, 0.29) is 0 Å². The molecule has 0 N–H and O–H groups in total. The summed E-state index contributed by atoms with van der Waals surface area (Å²) in [4.78, 5) is 3.53. The smallest absolute Gasteiger partial charge is 0.399 e. The lowest BCUT2D eigenvalue weighted by molar-refractivity contribution is 0.00578. The first-order chi connectivity index (χ1) is 9.78. The molecule has 1 fully saturated rings. The average molecular weight is 289 g/mol. The monoisotopic (exact) mass is 289 g/mol. The van der Waals surface area contributed by atoms with Gasteiger partial charge in [-0.15, -0.1) is 0 Å². The van der Waals surface area contributed by atoms with Gasteiger partial charge in [-0.1, -0.05) is 0 Å². The van der Waals surface area contributed by atoms with E-state index >= 15 is 0 Å². The quantitative estimate of drug-likeness (QED) is 0.624. The number of rotatable bonds is 2. The van der Waals surface area contributed by atoms with Crippen LogP contribution in [0.15, 0.2) is 30.7 Å². The molecule has 0 bridgehead atoms. The number of hydrogen-bond donors (Lipinski definition) is 0. The molecule has 1 aliphatic rings. The summed E-state index contributed by atoms with van der Waals surface area (Å²) in [6.45, 7) is 7.98. The van der Waals surface area contributed by atoms with Crippen molar-refractivity contribution in [2.45, 2.75) is 38.9 Å². The molecule has 7 heteroatoms. The predicted octanol–water partition coefficient (Wildman–Crippen LogP) is 1.71. The highest BCUT2D eigenvalue weighted by Crippen LogP contribution is 2.36. The zero-order valence-electron chi connectivity index (χ0n) is 12.5. The van der Waals surface area contributed by atoms with Gasteiger partial charge in [-0.05, 0) is 33.8 Å². The lowest BCUT2D eigenvalue weighted by atomic mass is 9.82. The van der Waals surface area contributed by atoms with E-state index in [9.17, 15) is 4.39 Å². The van der Waals surface area contributed by atoms with Crippen molar-refractivity contribution in [3.05, 3.63) is 36.7 Å². The van der Waals surface area contributed by atoms with Gasteiger partial charge in [0.25, 0.3) is 0 Å². The Bertz CT molecular complexity index is 656. The Morgan fingerprint density at radius 1 is 1.19 bits per heavy atom. The topological polar surface area (TPSA) is 49.2 Å². The molecule has 1 aliphatic heterocycles. The summed E-state index contributed by atoms with van der Waals surface area (Å²) < 4.78 is 26.7. The summed E-state index contributed by atoms with van der Waals surface area (Å²) in [5.74, 6) is -0.541. The van der Waals surface area contributed by atoms with E-state index in [1.807, 2.05) is 27.7 Å². The number of hydrogen-bond acceptors (Lipinski definition) is 4. The van der Waals surface area contributed by atoms with Gasteiger partial charge in [0.1, 0.15) is 0 Å². The Hall–Kier alpha value is -1.73. The molecule has 3 rings (SSSR count). The van der Waals surface area contributed by atoms with Gasteiger partial charge in [0, 0.05) is 30.1 Å². The van der Waals surface area contributed by atoms with E-state index in [4.69, 9.17) is 9.31 Å². The van der Waals surface area contributed by atoms with Gasteiger partial charge in [-0.25, -0.2) is 9.67 Å². The second-order valence-corrected chi connectivity index (χ2v) is 6.14. The van der Waals surface area contributed by atoms with Crippen molar-refractivity contribution >= 4 is 12.6 Å². The number of nitrogens with zero attached hydrogens (tertiary/aromatic N) is 3. The van der Waals surface area contributed by atoms with Crippen molar-refractivity contribution in [3.8, 4) is 5.69 Å². The molecule has 0 spiro atoms. The summed E-state index contributed by atoms with van der Waals surface area (Å²) in [7, 11) is -0.476. The van der Waals surface area contributed by atoms with Crippen LogP contribution in [0.25, 0.3) is 5.69 Å². The first kappa shape index (κ1) is 14.2. The van der Waals surface area contributed by atoms with Crippen molar-refractivity contribution < 1.29 is 13.7 Å². The number of halogens is 1. The van der Waals surface area contributed by atoms with Crippen LogP contribution in [0, 0.1) is 5.95 Å². The molecule has 0 saturated carbocycles. The van der Waals surface area contributed by atoms with Gasteiger partial charge >= 0.3 is 7.12 Å². The highest BCUT2D eigenvalue weighted by atomic mass is 19.1. The second kappa shape index (κ2) is 4.64. The molecule has 2 aromatic heterocycles. The highest BCUT2D eigenvalue weighted by molar-refractivity contribution is 6.62. The van der Waals surface area contributed by atoms with Crippen LogP contribution in [-0.4, -0.2) is 33.1 Å². The molecule has 3 heterocycles. The van der Waals surface area contributed by atoms with E-state index in [2.05, 4.69) is 10.1 Å². The van der Waals surface area contributed by atoms with Crippen molar-refractivity contribution in [1.29, 1.82) is 0 Å². The fourth-order valence-corrected chi connectivity index (χ4v) is 2.11. The minimum Gasteiger partial charge on any atom is -0.399 e. The van der Waals surface area contributed by atoms with Crippen LogP contribution in [0.3, 0.4) is 0 Å². The molecule has 5 nitrogen and oxygen atoms in total. The molecule has 0 atom stereocenters. The molecule has 0 radical (unpaired) electrons. The van der Waals surface area contributed by atoms with Crippen LogP contribution >= 0.6 is 0 Å². The van der Waals surface area contributed by atoms with E-state index in [0.29, 0.717) is 5.69 Å². The Kier molecular flexibility index (Phi) is 3.14. The van der Waals surface area contributed by atoms with E-state index in [0.717, 1.165) is 5.46 Å². The number of aromatic nitrogens is 3. The maximum atomic E-state index is 13.2. The minimum absolute atomic E-state index is 0.400. The van der Waals surface area contributed by atoms with E-state index < -0.39 is 24.3 Å². The average Bonchev–Trinajstić information content (AvgIpc) is 2.93. The van der Waals surface area contributed by atoms with Gasteiger partial charge in [-0.2, -0.15) is 9.49 Å². The van der Waals surface area contributed by atoms with Crippen molar-refractivity contribution in [1.82, 2.24) is 14.8 Å². The molecule has 0 unspecified atom stereocenters. The molecule has 2 aromatic rings. The largest absolute Gasteiger partial charge is 0.498 e. The normalized spacial score (nSPS) is 20.0. The maximum Gasteiger partial charge on any atom is 0.498 e. The Labute approximate surface area is 123 Å². The summed E-state index contributed by atoms with van der Waals surface area (Å²) in [6.07, 6.45) is 4.85. The van der Waals surface area contributed by atoms with Crippen molar-refractivity contribution in [3.63, 3.8) is 0 Å². The predicted molar refractivity (Wildman–Crippen MR) is 77.0 cm³/mol. The standard InChI is InChI=1S/C14H17BFN3O2/c1-13(2)14(3,4)21-15(20-13)10-8-18-19(9-10)11-5-6-17-12(16)7-11/h5-9H,1-4H3. The fraction of sp³-hybridized carbons (Fsp3) is 0.429. The lowest BCUT2D eigenvalue weighted by Crippen LogP contribution is -2.41. The molecule has 21 heavy (non-hydrogen) atoms. The van der Waals surface area contributed by atoms with Crippen molar-refractivity contribution in [2.24, 2.45) is 0 Å². The zero-order chi connectivity index (χ0) is 15.3. The highest BCUT2D eigenvalue weighted by Gasteiger charge is 2.52. The molecular formula is C14H17BFN3O2. The van der Waals surface area contributed by atoms with E-state index in [1.165, 1.54) is 12.3 Å². The Morgan fingerprint density at radius 3 is 2.48 bits per heavy atom. The van der Waals surface area contributed by atoms with Crippen molar-refractivity contribution in [2.75, 3.05) is 0 Å². The zero-order valence-corrected chi connectivity index (χ0v) is 12.5. The first-order valence-corrected chi connectivity index (χ1v) is 6.81. The van der Waals surface area contributed by atoms with E-state index in [1.54, 1.807) is 23.1 Å². The Morgan fingerprint density at radius 2 is 1.86 bits per heavy atom. The molecule has 110 valence electrons. The van der Waals surface area contributed by atoms with Crippen LogP contribution in [-0.2, 0) is 9.31 Å². The third-order valence-corrected chi connectivity index (χ3v) is 4.10. The Balaban J connectivity index is 1.87. The van der Waals surface area contributed by atoms with Gasteiger partial charge in [0.15, 0.2) is 0 Å². The van der Waals surface area contributed by atoms with Crippen LogP contribution in [0.1, 0.15) is 27.7 Å². The molecular weight excluding hydrogens is 272 g/mol. The molecule has 0 amide bonds. The van der Waals surface area contributed by atoms with Gasteiger partial charge in [0.2, 0.25) is 5.95 Å². The summed E-state index contributed by atoms with van der Waals surface area (Å²) in [5.41, 5.74) is 0.599. The SMILES string of the molecule is CC1(C)OB(c2cnn(-c3ccnc(F)c3)c2)OC1(C)C. The van der Waals surface area contributed by atoms with Gasteiger partial charge in [0.05, 0.1) is 16.9 Å². The summed E-state index contributed by atoms with van der Waals surface area (Å²) in [5, 5.41) is 4.23. The van der Waals surface area contributed by atoms with Crippen LogP contribution < -0.4 is 5.46 Å². The summed E-state index contributed by atoms with van der Waals surface area (Å²) >= 11 is 0. The third kappa shape index (κ3) is 2.47. The van der Waals surface area contributed by atoms with Crippen LogP contribution in [0.5, 0.6) is 0 Å².